The minimum Gasteiger partial charge on any atom is -0.489 e. The third kappa shape index (κ3) is 3.76. The zero-order chi connectivity index (χ0) is 19.5. The normalized spacial score (nSPS) is 10.6. The first-order chi connectivity index (χ1) is 13.6. The quantitative estimate of drug-likeness (QED) is 0.512. The molecule has 7 heteroatoms. The average Bonchev–Trinajstić information content (AvgIpc) is 3.16. The number of nitrogens with zero attached hydrogens (tertiary/aromatic N) is 2. The third-order valence-corrected chi connectivity index (χ3v) is 4.13. The Balaban J connectivity index is 1.54. The van der Waals surface area contributed by atoms with E-state index in [1.165, 1.54) is 12.1 Å². The standard InChI is InChI=1S/C21H14F2N4O/c22-18-4-1-13(7-19(18)23)12-28-17-8-16(11-24)27-21(10-17)26-15-3-2-14-5-6-25-20(14)9-15/h1-10,25H,12H2,(H,26,27). The van der Waals surface area contributed by atoms with Crippen LogP contribution < -0.4 is 10.1 Å². The van der Waals surface area contributed by atoms with Crippen molar-refractivity contribution in [3.63, 3.8) is 0 Å². The highest BCUT2D eigenvalue weighted by molar-refractivity contribution is 5.83. The number of benzene rings is 2. The highest BCUT2D eigenvalue weighted by atomic mass is 19.2. The van der Waals surface area contributed by atoms with E-state index in [1.54, 1.807) is 6.07 Å². The number of nitrogens with one attached hydrogen (secondary N) is 2. The van der Waals surface area contributed by atoms with Crippen LogP contribution in [0.2, 0.25) is 0 Å². The van der Waals surface area contributed by atoms with Gasteiger partial charge in [0.05, 0.1) is 0 Å². The van der Waals surface area contributed by atoms with Gasteiger partial charge in [-0.05, 0) is 41.3 Å². The lowest BCUT2D eigenvalue weighted by Crippen LogP contribution is -2.00. The number of hydrogen-bond acceptors (Lipinski definition) is 4. The van der Waals surface area contributed by atoms with Gasteiger partial charge in [-0.1, -0.05) is 12.1 Å². The summed E-state index contributed by atoms with van der Waals surface area (Å²) in [6.07, 6.45) is 1.85. The first-order valence-electron chi connectivity index (χ1n) is 8.44. The lowest BCUT2D eigenvalue weighted by molar-refractivity contribution is 0.305. The molecule has 2 aromatic carbocycles. The van der Waals surface area contributed by atoms with Crippen molar-refractivity contribution in [3.8, 4) is 11.8 Å². The van der Waals surface area contributed by atoms with Crippen LogP contribution in [0.25, 0.3) is 10.9 Å². The molecular formula is C21H14F2N4O. The van der Waals surface area contributed by atoms with Crippen molar-refractivity contribution in [2.75, 3.05) is 5.32 Å². The Labute approximate surface area is 159 Å². The monoisotopic (exact) mass is 376 g/mol. The van der Waals surface area contributed by atoms with Crippen LogP contribution in [0.3, 0.4) is 0 Å². The molecule has 4 rings (SSSR count). The van der Waals surface area contributed by atoms with Gasteiger partial charge in [0.1, 0.15) is 29.9 Å². The van der Waals surface area contributed by atoms with E-state index >= 15 is 0 Å². The lowest BCUT2D eigenvalue weighted by atomic mass is 10.2. The Morgan fingerprint density at radius 2 is 1.93 bits per heavy atom. The maximum Gasteiger partial charge on any atom is 0.159 e. The highest BCUT2D eigenvalue weighted by Gasteiger charge is 2.07. The second kappa shape index (κ2) is 7.37. The number of halogens is 2. The fourth-order valence-electron chi connectivity index (χ4n) is 2.78. The fourth-order valence-corrected chi connectivity index (χ4v) is 2.78. The van der Waals surface area contributed by atoms with Gasteiger partial charge < -0.3 is 15.0 Å². The number of ether oxygens (including phenoxy) is 1. The Kier molecular flexibility index (Phi) is 4.60. The zero-order valence-electron chi connectivity index (χ0n) is 14.5. The van der Waals surface area contributed by atoms with Crippen LogP contribution in [0.1, 0.15) is 11.3 Å². The predicted octanol–water partition coefficient (Wildman–Crippen LogP) is 5.04. The van der Waals surface area contributed by atoms with Crippen molar-refractivity contribution in [2.45, 2.75) is 6.61 Å². The van der Waals surface area contributed by atoms with Crippen LogP contribution in [-0.2, 0) is 6.61 Å². The number of nitriles is 1. The van der Waals surface area contributed by atoms with Crippen LogP contribution >= 0.6 is 0 Å². The molecule has 0 spiro atoms. The Bertz CT molecular complexity index is 1200. The molecule has 0 radical (unpaired) electrons. The number of rotatable bonds is 5. The van der Waals surface area contributed by atoms with Crippen LogP contribution in [0.15, 0.2) is 60.8 Å². The minimum absolute atomic E-state index is 0.0277. The number of aromatic nitrogens is 2. The minimum atomic E-state index is -0.935. The molecule has 2 aromatic heterocycles. The number of anilines is 2. The summed E-state index contributed by atoms with van der Waals surface area (Å²) in [6, 6.07) is 16.4. The summed E-state index contributed by atoms with van der Waals surface area (Å²) in [5, 5.41) is 13.5. The van der Waals surface area contributed by atoms with Crippen LogP contribution in [-0.4, -0.2) is 9.97 Å². The molecule has 4 aromatic rings. The van der Waals surface area contributed by atoms with Gasteiger partial charge in [0.2, 0.25) is 0 Å². The fraction of sp³-hybridized carbons (Fsp3) is 0.0476. The number of H-pyrrole nitrogens is 1. The molecule has 5 nitrogen and oxygen atoms in total. The van der Waals surface area contributed by atoms with Gasteiger partial charge in [-0.25, -0.2) is 13.8 Å². The summed E-state index contributed by atoms with van der Waals surface area (Å²) >= 11 is 0. The first-order valence-corrected chi connectivity index (χ1v) is 8.44. The van der Waals surface area contributed by atoms with E-state index in [0.717, 1.165) is 28.7 Å². The van der Waals surface area contributed by atoms with E-state index in [-0.39, 0.29) is 12.3 Å². The number of fused-ring (bicyclic) bond motifs is 1. The predicted molar refractivity (Wildman–Crippen MR) is 101 cm³/mol. The maximum absolute atomic E-state index is 13.3. The second-order valence-electron chi connectivity index (χ2n) is 6.13. The number of hydrogen-bond donors (Lipinski definition) is 2. The lowest BCUT2D eigenvalue weighted by Gasteiger charge is -2.10. The average molecular weight is 376 g/mol. The molecular weight excluding hydrogens is 362 g/mol. The molecule has 0 saturated heterocycles. The molecule has 0 unspecified atom stereocenters. The first kappa shape index (κ1) is 17.5. The molecule has 0 aliphatic rings. The van der Waals surface area contributed by atoms with E-state index in [1.807, 2.05) is 36.5 Å². The molecule has 0 saturated carbocycles. The molecule has 0 aliphatic heterocycles. The van der Waals surface area contributed by atoms with E-state index in [0.29, 0.717) is 17.1 Å². The molecule has 138 valence electrons. The van der Waals surface area contributed by atoms with E-state index in [4.69, 9.17) is 4.74 Å². The van der Waals surface area contributed by atoms with Gasteiger partial charge >= 0.3 is 0 Å². The maximum atomic E-state index is 13.3. The van der Waals surface area contributed by atoms with E-state index < -0.39 is 11.6 Å². The van der Waals surface area contributed by atoms with Gasteiger partial charge in [0.15, 0.2) is 11.6 Å². The van der Waals surface area contributed by atoms with Crippen molar-refractivity contribution in [1.82, 2.24) is 9.97 Å². The Morgan fingerprint density at radius 1 is 1.04 bits per heavy atom. The van der Waals surface area contributed by atoms with Crippen molar-refractivity contribution < 1.29 is 13.5 Å². The molecule has 0 atom stereocenters. The van der Waals surface area contributed by atoms with Crippen molar-refractivity contribution in [2.24, 2.45) is 0 Å². The zero-order valence-corrected chi connectivity index (χ0v) is 14.5. The largest absolute Gasteiger partial charge is 0.489 e. The smallest absolute Gasteiger partial charge is 0.159 e. The Morgan fingerprint density at radius 3 is 2.75 bits per heavy atom. The molecule has 0 fully saturated rings. The molecule has 0 aliphatic carbocycles. The summed E-state index contributed by atoms with van der Waals surface area (Å²) in [7, 11) is 0. The van der Waals surface area contributed by atoms with Crippen LogP contribution in [0, 0.1) is 23.0 Å². The van der Waals surface area contributed by atoms with E-state index in [2.05, 4.69) is 15.3 Å². The van der Waals surface area contributed by atoms with Crippen molar-refractivity contribution >= 4 is 22.4 Å². The van der Waals surface area contributed by atoms with Gasteiger partial charge in [-0.15, -0.1) is 0 Å². The van der Waals surface area contributed by atoms with Crippen molar-refractivity contribution in [3.05, 3.63) is 83.7 Å². The van der Waals surface area contributed by atoms with Gasteiger partial charge in [-0.2, -0.15) is 5.26 Å². The van der Waals surface area contributed by atoms with Gasteiger partial charge in [0, 0.05) is 29.5 Å². The molecule has 2 N–H and O–H groups in total. The molecule has 28 heavy (non-hydrogen) atoms. The van der Waals surface area contributed by atoms with Crippen molar-refractivity contribution in [1.29, 1.82) is 5.26 Å². The van der Waals surface area contributed by atoms with E-state index in [9.17, 15) is 14.0 Å². The molecule has 2 heterocycles. The summed E-state index contributed by atoms with van der Waals surface area (Å²) in [4.78, 5) is 7.36. The SMILES string of the molecule is N#Cc1cc(OCc2ccc(F)c(F)c2)cc(Nc2ccc3cc[nH]c3c2)n1. The molecule has 0 amide bonds. The van der Waals surface area contributed by atoms with Gasteiger partial charge in [-0.3, -0.25) is 0 Å². The van der Waals surface area contributed by atoms with Crippen LogP contribution in [0.4, 0.5) is 20.3 Å². The van der Waals surface area contributed by atoms with Crippen LogP contribution in [0.5, 0.6) is 5.75 Å². The second-order valence-corrected chi connectivity index (χ2v) is 6.13. The summed E-state index contributed by atoms with van der Waals surface area (Å²) in [5.41, 5.74) is 2.41. The topological polar surface area (TPSA) is 73.7 Å². The number of aromatic amines is 1. The highest BCUT2D eigenvalue weighted by Crippen LogP contribution is 2.24. The summed E-state index contributed by atoms with van der Waals surface area (Å²) in [6.45, 7) is 0.0277. The third-order valence-electron chi connectivity index (χ3n) is 4.13. The Hall–Kier alpha value is -3.92. The van der Waals surface area contributed by atoms with Gasteiger partial charge in [0.25, 0.3) is 0 Å². The summed E-state index contributed by atoms with van der Waals surface area (Å²) < 4.78 is 32.0. The number of pyridine rings is 1. The molecule has 0 bridgehead atoms. The summed E-state index contributed by atoms with van der Waals surface area (Å²) in [5.74, 6) is -1.02.